The highest BCUT2D eigenvalue weighted by molar-refractivity contribution is 5.78. The Balaban J connectivity index is 1.83. The molecule has 0 aliphatic heterocycles. The number of nitrogens with one attached hydrogen (secondary N) is 1. The average Bonchev–Trinajstić information content (AvgIpc) is 3.11. The van der Waals surface area contributed by atoms with Crippen molar-refractivity contribution in [2.45, 2.75) is 6.18 Å². The van der Waals surface area contributed by atoms with Crippen LogP contribution in [-0.4, -0.2) is 6.21 Å². The second-order valence-electron chi connectivity index (χ2n) is 5.58. The molecule has 1 aromatic heterocycles. The van der Waals surface area contributed by atoms with Crippen molar-refractivity contribution in [3.8, 4) is 11.3 Å². The van der Waals surface area contributed by atoms with Crippen LogP contribution in [0.3, 0.4) is 0 Å². The third kappa shape index (κ3) is 4.08. The molecular weight excluding hydrogens is 412 g/mol. The first-order valence-electron chi connectivity index (χ1n) is 7.67. The zero-order chi connectivity index (χ0) is 21.3. The maximum Gasteiger partial charge on any atom is 0.422 e. The van der Waals surface area contributed by atoms with Crippen LogP contribution in [0.25, 0.3) is 11.3 Å². The monoisotopic (exact) mass is 420 g/mol. The van der Waals surface area contributed by atoms with Crippen LogP contribution in [0.1, 0.15) is 11.3 Å². The van der Waals surface area contributed by atoms with Crippen molar-refractivity contribution in [3.63, 3.8) is 0 Å². The first-order chi connectivity index (χ1) is 13.6. The molecule has 0 fully saturated rings. The maximum absolute atomic E-state index is 13.7. The zero-order valence-corrected chi connectivity index (χ0v) is 13.9. The number of hydrogen-bond acceptors (Lipinski definition) is 3. The number of nitrogens with zero attached hydrogens (tertiary/aromatic N) is 1. The van der Waals surface area contributed by atoms with Crippen LogP contribution < -0.4 is 5.43 Å². The number of furan rings is 1. The van der Waals surface area contributed by atoms with Crippen molar-refractivity contribution in [3.05, 3.63) is 76.8 Å². The summed E-state index contributed by atoms with van der Waals surface area (Å²) in [6.45, 7) is 0. The number of halogens is 8. The second-order valence-corrected chi connectivity index (χ2v) is 5.58. The van der Waals surface area contributed by atoms with Crippen LogP contribution in [0, 0.1) is 29.1 Å². The smallest absolute Gasteiger partial charge is 0.422 e. The molecule has 0 atom stereocenters. The fraction of sp³-hybridized carbons (Fsp3) is 0.0556. The normalized spacial score (nSPS) is 12.0. The molecule has 0 radical (unpaired) electrons. The van der Waals surface area contributed by atoms with Gasteiger partial charge in [-0.3, -0.25) is 5.43 Å². The minimum absolute atomic E-state index is 0.0190. The Labute approximate surface area is 157 Å². The van der Waals surface area contributed by atoms with Crippen molar-refractivity contribution in [2.24, 2.45) is 5.10 Å². The van der Waals surface area contributed by atoms with Crippen molar-refractivity contribution in [1.29, 1.82) is 0 Å². The van der Waals surface area contributed by atoms with Gasteiger partial charge < -0.3 is 4.42 Å². The van der Waals surface area contributed by atoms with Gasteiger partial charge in [0.15, 0.2) is 23.3 Å². The molecule has 29 heavy (non-hydrogen) atoms. The summed E-state index contributed by atoms with van der Waals surface area (Å²) in [4.78, 5) is 0. The minimum atomic E-state index is -5.64. The topological polar surface area (TPSA) is 37.5 Å². The molecule has 152 valence electrons. The Morgan fingerprint density at radius 3 is 1.93 bits per heavy atom. The quantitative estimate of drug-likeness (QED) is 0.240. The molecule has 11 heteroatoms. The number of rotatable bonds is 4. The zero-order valence-electron chi connectivity index (χ0n) is 13.9. The van der Waals surface area contributed by atoms with Gasteiger partial charge in [-0.2, -0.15) is 18.3 Å². The Morgan fingerprint density at radius 1 is 0.793 bits per heavy atom. The highest BCUT2D eigenvalue weighted by Crippen LogP contribution is 2.38. The van der Waals surface area contributed by atoms with E-state index < -0.39 is 46.5 Å². The van der Waals surface area contributed by atoms with Crippen LogP contribution >= 0.6 is 0 Å². The van der Waals surface area contributed by atoms with Crippen molar-refractivity contribution < 1.29 is 39.5 Å². The van der Waals surface area contributed by atoms with E-state index in [0.717, 1.165) is 6.21 Å². The fourth-order valence-electron chi connectivity index (χ4n) is 2.33. The summed E-state index contributed by atoms with van der Waals surface area (Å²) in [6.07, 6.45) is -4.78. The first kappa shape index (κ1) is 20.4. The van der Waals surface area contributed by atoms with E-state index in [4.69, 9.17) is 4.42 Å². The molecule has 0 amide bonds. The summed E-state index contributed by atoms with van der Waals surface area (Å²) in [7, 11) is 0. The molecule has 0 unspecified atom stereocenters. The molecule has 1 heterocycles. The molecular formula is C18H8F8N2O. The van der Waals surface area contributed by atoms with Gasteiger partial charge in [0.25, 0.3) is 0 Å². The lowest BCUT2D eigenvalue weighted by atomic mass is 10.1. The highest BCUT2D eigenvalue weighted by atomic mass is 19.4. The Kier molecular flexibility index (Phi) is 5.31. The van der Waals surface area contributed by atoms with Crippen molar-refractivity contribution >= 4 is 11.9 Å². The van der Waals surface area contributed by atoms with Crippen molar-refractivity contribution in [1.82, 2.24) is 0 Å². The van der Waals surface area contributed by atoms with Gasteiger partial charge in [0.05, 0.1) is 6.21 Å². The van der Waals surface area contributed by atoms with E-state index in [-0.39, 0.29) is 11.5 Å². The van der Waals surface area contributed by atoms with Gasteiger partial charge in [0, 0.05) is 5.56 Å². The molecule has 0 aliphatic rings. The van der Waals surface area contributed by atoms with E-state index in [1.165, 1.54) is 36.4 Å². The molecule has 2 aromatic carbocycles. The number of hydrazone groups is 1. The number of anilines is 1. The summed E-state index contributed by atoms with van der Waals surface area (Å²) in [5, 5.41) is 3.31. The second kappa shape index (κ2) is 7.57. The fourth-order valence-corrected chi connectivity index (χ4v) is 2.33. The van der Waals surface area contributed by atoms with Gasteiger partial charge in [-0.05, 0) is 36.4 Å². The molecule has 3 nitrogen and oxygen atoms in total. The van der Waals surface area contributed by atoms with Gasteiger partial charge in [-0.15, -0.1) is 0 Å². The van der Waals surface area contributed by atoms with Gasteiger partial charge in [-0.25, -0.2) is 22.0 Å². The molecule has 0 aliphatic carbocycles. The van der Waals surface area contributed by atoms with Crippen molar-refractivity contribution in [2.75, 3.05) is 5.43 Å². The predicted octanol–water partition coefficient (Wildman–Crippen LogP) is 6.11. The third-order valence-corrected chi connectivity index (χ3v) is 3.67. The van der Waals surface area contributed by atoms with E-state index in [1.807, 2.05) is 0 Å². The lowest BCUT2D eigenvalue weighted by Gasteiger charge is -2.13. The van der Waals surface area contributed by atoms with Crippen LogP contribution in [0.4, 0.5) is 40.8 Å². The van der Waals surface area contributed by atoms with E-state index in [1.54, 1.807) is 5.43 Å². The van der Waals surface area contributed by atoms with E-state index in [2.05, 4.69) is 5.10 Å². The Bertz CT molecular complexity index is 1040. The van der Waals surface area contributed by atoms with Crippen LogP contribution in [0.2, 0.25) is 0 Å². The highest BCUT2D eigenvalue weighted by Gasteiger charge is 2.42. The number of benzene rings is 2. The molecule has 0 saturated carbocycles. The standard InChI is InChI=1S/C18H8F8N2O/c19-9-3-1-8(2-4-9)11-6-5-10(29-11)7-27-28-17-15(22)13(20)12(18(24,25)26)14(21)16(17)23/h1-7,28H. The van der Waals surface area contributed by atoms with E-state index in [0.29, 0.717) is 5.56 Å². The number of hydrogen-bond donors (Lipinski definition) is 1. The summed E-state index contributed by atoms with van der Waals surface area (Å²) >= 11 is 0. The minimum Gasteiger partial charge on any atom is -0.455 e. The lowest BCUT2D eigenvalue weighted by Crippen LogP contribution is -2.16. The molecule has 3 rings (SSSR count). The molecule has 1 N–H and O–H groups in total. The van der Waals surface area contributed by atoms with Crippen LogP contribution in [0.5, 0.6) is 0 Å². The molecule has 0 saturated heterocycles. The van der Waals surface area contributed by atoms with Gasteiger partial charge >= 0.3 is 6.18 Å². The summed E-state index contributed by atoms with van der Waals surface area (Å²) in [5.74, 6) is -9.96. The lowest BCUT2D eigenvalue weighted by molar-refractivity contribution is -0.143. The Morgan fingerprint density at radius 2 is 1.38 bits per heavy atom. The average molecular weight is 420 g/mol. The first-order valence-corrected chi connectivity index (χ1v) is 7.67. The van der Waals surface area contributed by atoms with Gasteiger partial charge in [-0.1, -0.05) is 0 Å². The van der Waals surface area contributed by atoms with Gasteiger partial charge in [0.1, 0.15) is 28.6 Å². The van der Waals surface area contributed by atoms with Crippen LogP contribution in [0.15, 0.2) is 45.9 Å². The third-order valence-electron chi connectivity index (χ3n) is 3.67. The SMILES string of the molecule is Fc1ccc(-c2ccc(C=NNc3c(F)c(F)c(C(F)(F)F)c(F)c3F)o2)cc1. The summed E-state index contributed by atoms with van der Waals surface area (Å²) < 4.78 is 110. The molecule has 3 aromatic rings. The van der Waals surface area contributed by atoms with Crippen LogP contribution in [-0.2, 0) is 6.18 Å². The molecule has 0 spiro atoms. The predicted molar refractivity (Wildman–Crippen MR) is 86.6 cm³/mol. The largest absolute Gasteiger partial charge is 0.455 e. The number of alkyl halides is 3. The van der Waals surface area contributed by atoms with E-state index in [9.17, 15) is 35.1 Å². The Hall–Kier alpha value is -3.37. The van der Waals surface area contributed by atoms with Gasteiger partial charge in [0.2, 0.25) is 0 Å². The molecule has 0 bridgehead atoms. The van der Waals surface area contributed by atoms with E-state index >= 15 is 0 Å². The summed E-state index contributed by atoms with van der Waals surface area (Å²) in [5.41, 5.74) is -2.12. The summed E-state index contributed by atoms with van der Waals surface area (Å²) in [6, 6.07) is 8.05. The maximum atomic E-state index is 13.7.